The predicted molar refractivity (Wildman–Crippen MR) is 125 cm³/mol. The van der Waals surface area contributed by atoms with Crippen molar-refractivity contribution in [2.45, 2.75) is 44.7 Å². The molecule has 0 aliphatic carbocycles. The highest BCUT2D eigenvalue weighted by Gasteiger charge is 2.34. The number of hydrogen-bond donors (Lipinski definition) is 1. The van der Waals surface area contributed by atoms with Gasteiger partial charge in [-0.3, -0.25) is 0 Å². The lowest BCUT2D eigenvalue weighted by atomic mass is 9.94. The molecular formula is C24H31N5OS. The van der Waals surface area contributed by atoms with Crippen LogP contribution in [0, 0.1) is 0 Å². The maximum absolute atomic E-state index is 6.62. The second kappa shape index (κ2) is 9.96. The molecular weight excluding hydrogens is 406 g/mol. The topological polar surface area (TPSA) is 71.4 Å². The van der Waals surface area contributed by atoms with Gasteiger partial charge in [-0.2, -0.15) is 0 Å². The minimum atomic E-state index is -0.718. The Morgan fingerprint density at radius 2 is 1.71 bits per heavy atom. The standard InChI is InChI=1S/C24H31N5OS/c1-3-28-16-17-29(31-28)21(15-14-19-10-6-4-7-11-19)22-26-27-23(30-22)24(2,25)18-20-12-8-5-9-13-20/h4-13,21H,3,14-18,25H2,1-2H3/t21?,24-/m1/s1. The van der Waals surface area contributed by atoms with Gasteiger partial charge in [0.1, 0.15) is 0 Å². The van der Waals surface area contributed by atoms with Crippen LogP contribution in [0.5, 0.6) is 0 Å². The number of rotatable bonds is 9. The second-order valence-corrected chi connectivity index (χ2v) is 9.46. The Kier molecular flexibility index (Phi) is 7.07. The molecule has 1 aromatic heterocycles. The van der Waals surface area contributed by atoms with Crippen LogP contribution in [0.2, 0.25) is 0 Å². The molecule has 0 radical (unpaired) electrons. The maximum Gasteiger partial charge on any atom is 0.236 e. The van der Waals surface area contributed by atoms with Crippen molar-refractivity contribution in [3.8, 4) is 0 Å². The average molecular weight is 438 g/mol. The summed E-state index contributed by atoms with van der Waals surface area (Å²) in [6.07, 6.45) is 2.51. The summed E-state index contributed by atoms with van der Waals surface area (Å²) in [4.78, 5) is 0. The molecule has 0 spiro atoms. The molecule has 7 heteroatoms. The van der Waals surface area contributed by atoms with E-state index in [2.05, 4.69) is 68.2 Å². The summed E-state index contributed by atoms with van der Waals surface area (Å²) in [6.45, 7) is 7.16. The highest BCUT2D eigenvalue weighted by atomic mass is 32.2. The van der Waals surface area contributed by atoms with Crippen molar-refractivity contribution in [3.05, 3.63) is 83.6 Å². The third kappa shape index (κ3) is 5.54. The molecule has 2 aromatic carbocycles. The largest absolute Gasteiger partial charge is 0.421 e. The molecule has 0 bridgehead atoms. The van der Waals surface area contributed by atoms with Gasteiger partial charge >= 0.3 is 0 Å². The molecule has 1 fully saturated rings. The lowest BCUT2D eigenvalue weighted by Gasteiger charge is -2.24. The number of nitrogens with two attached hydrogens (primary N) is 1. The smallest absolute Gasteiger partial charge is 0.236 e. The summed E-state index contributed by atoms with van der Waals surface area (Å²) in [7, 11) is 0. The fourth-order valence-electron chi connectivity index (χ4n) is 3.90. The number of hydrogen-bond acceptors (Lipinski definition) is 7. The van der Waals surface area contributed by atoms with Gasteiger partial charge in [-0.15, -0.1) is 10.2 Å². The zero-order valence-corrected chi connectivity index (χ0v) is 19.1. The third-order valence-electron chi connectivity index (χ3n) is 5.67. The molecule has 2 N–H and O–H groups in total. The van der Waals surface area contributed by atoms with E-state index in [4.69, 9.17) is 10.2 Å². The number of likely N-dealkylation sites (N-methyl/N-ethyl adjacent to an activating group) is 1. The third-order valence-corrected chi connectivity index (χ3v) is 6.99. The molecule has 0 saturated carbocycles. The first-order valence-corrected chi connectivity index (χ1v) is 11.7. The summed E-state index contributed by atoms with van der Waals surface area (Å²) in [5, 5.41) is 8.84. The van der Waals surface area contributed by atoms with E-state index in [-0.39, 0.29) is 6.04 Å². The van der Waals surface area contributed by atoms with E-state index >= 15 is 0 Å². The van der Waals surface area contributed by atoms with Crippen molar-refractivity contribution < 1.29 is 4.42 Å². The molecule has 0 amide bonds. The Bertz CT molecular complexity index is 947. The van der Waals surface area contributed by atoms with E-state index in [0.29, 0.717) is 18.2 Å². The van der Waals surface area contributed by atoms with Gasteiger partial charge < -0.3 is 10.2 Å². The van der Waals surface area contributed by atoms with Crippen LogP contribution in [0.3, 0.4) is 0 Å². The van der Waals surface area contributed by atoms with Crippen LogP contribution in [0.25, 0.3) is 0 Å². The first-order chi connectivity index (χ1) is 15.0. The molecule has 6 nitrogen and oxygen atoms in total. The van der Waals surface area contributed by atoms with Crippen LogP contribution < -0.4 is 5.73 Å². The van der Waals surface area contributed by atoms with Gasteiger partial charge in [0.25, 0.3) is 0 Å². The first kappa shape index (κ1) is 22.0. The summed E-state index contributed by atoms with van der Waals surface area (Å²) in [5.74, 6) is 1.15. The molecule has 1 aliphatic rings. The minimum absolute atomic E-state index is 0.0514. The number of benzene rings is 2. The van der Waals surface area contributed by atoms with E-state index in [1.54, 1.807) is 12.1 Å². The van der Waals surface area contributed by atoms with Gasteiger partial charge in [0.2, 0.25) is 11.8 Å². The second-order valence-electron chi connectivity index (χ2n) is 8.31. The van der Waals surface area contributed by atoms with E-state index in [1.165, 1.54) is 5.56 Å². The van der Waals surface area contributed by atoms with E-state index in [1.807, 2.05) is 25.1 Å². The Morgan fingerprint density at radius 1 is 1.03 bits per heavy atom. The molecule has 4 rings (SSSR count). The lowest BCUT2D eigenvalue weighted by molar-refractivity contribution is 0.267. The van der Waals surface area contributed by atoms with Crippen LogP contribution in [-0.4, -0.2) is 38.4 Å². The average Bonchev–Trinajstić information content (AvgIpc) is 3.46. The fourth-order valence-corrected chi connectivity index (χ4v) is 4.95. The summed E-state index contributed by atoms with van der Waals surface area (Å²) in [5.41, 5.74) is 8.37. The van der Waals surface area contributed by atoms with Gasteiger partial charge in [0, 0.05) is 31.8 Å². The summed E-state index contributed by atoms with van der Waals surface area (Å²) in [6, 6.07) is 20.8. The van der Waals surface area contributed by atoms with Crippen LogP contribution in [-0.2, 0) is 18.4 Å². The van der Waals surface area contributed by atoms with Gasteiger partial charge in [-0.1, -0.05) is 67.6 Å². The Balaban J connectivity index is 1.53. The van der Waals surface area contributed by atoms with Crippen molar-refractivity contribution in [3.63, 3.8) is 0 Å². The van der Waals surface area contributed by atoms with E-state index in [9.17, 15) is 0 Å². The van der Waals surface area contributed by atoms with Crippen LogP contribution in [0.15, 0.2) is 65.1 Å². The van der Waals surface area contributed by atoms with Gasteiger partial charge in [-0.05, 0) is 37.3 Å². The summed E-state index contributed by atoms with van der Waals surface area (Å²) >= 11 is 1.78. The molecule has 164 valence electrons. The molecule has 1 saturated heterocycles. The lowest BCUT2D eigenvalue weighted by Crippen LogP contribution is -2.36. The monoisotopic (exact) mass is 437 g/mol. The van der Waals surface area contributed by atoms with Crippen molar-refractivity contribution >= 4 is 12.1 Å². The molecule has 1 aliphatic heterocycles. The maximum atomic E-state index is 6.62. The molecule has 3 aromatic rings. The normalized spacial score (nSPS) is 18.2. The van der Waals surface area contributed by atoms with Crippen LogP contribution in [0.1, 0.15) is 49.2 Å². The number of nitrogens with zero attached hydrogens (tertiary/aromatic N) is 4. The molecule has 1 unspecified atom stereocenters. The highest BCUT2D eigenvalue weighted by molar-refractivity contribution is 7.94. The van der Waals surface area contributed by atoms with Crippen molar-refractivity contribution in [1.29, 1.82) is 0 Å². The first-order valence-electron chi connectivity index (χ1n) is 11.0. The van der Waals surface area contributed by atoms with E-state index < -0.39 is 5.54 Å². The van der Waals surface area contributed by atoms with Gasteiger partial charge in [0.15, 0.2) is 0 Å². The molecule has 31 heavy (non-hydrogen) atoms. The Morgan fingerprint density at radius 3 is 2.35 bits per heavy atom. The molecule has 2 heterocycles. The zero-order valence-electron chi connectivity index (χ0n) is 18.3. The number of aromatic nitrogens is 2. The number of aryl methyl sites for hydroxylation is 1. The molecule has 2 atom stereocenters. The van der Waals surface area contributed by atoms with Crippen molar-refractivity contribution in [1.82, 2.24) is 18.8 Å². The quantitative estimate of drug-likeness (QED) is 0.499. The van der Waals surface area contributed by atoms with Crippen LogP contribution >= 0.6 is 12.1 Å². The van der Waals surface area contributed by atoms with Crippen LogP contribution in [0.4, 0.5) is 0 Å². The van der Waals surface area contributed by atoms with E-state index in [0.717, 1.165) is 38.0 Å². The predicted octanol–water partition coefficient (Wildman–Crippen LogP) is 4.36. The summed E-state index contributed by atoms with van der Waals surface area (Å²) < 4.78 is 11.0. The zero-order chi connectivity index (χ0) is 21.7. The minimum Gasteiger partial charge on any atom is -0.421 e. The van der Waals surface area contributed by atoms with Gasteiger partial charge in [-0.25, -0.2) is 8.61 Å². The highest BCUT2D eigenvalue weighted by Crippen LogP contribution is 2.36. The fraction of sp³-hybridized carbons (Fsp3) is 0.417. The SMILES string of the molecule is CCN1CCN(C(CCc2ccccc2)c2nnc([C@](C)(N)Cc3ccccc3)o2)S1. The Labute approximate surface area is 189 Å². The van der Waals surface area contributed by atoms with Crippen molar-refractivity contribution in [2.75, 3.05) is 19.6 Å². The van der Waals surface area contributed by atoms with Gasteiger partial charge in [0.05, 0.1) is 11.6 Å². The Hall–Kier alpha value is -2.19. The van der Waals surface area contributed by atoms with Crippen molar-refractivity contribution in [2.24, 2.45) is 5.73 Å².